The topological polar surface area (TPSA) is 101 Å². The van der Waals surface area contributed by atoms with E-state index in [0.29, 0.717) is 4.47 Å². The Balaban J connectivity index is 2.10. The van der Waals surface area contributed by atoms with Crippen LogP contribution in [0.25, 0.3) is 0 Å². The van der Waals surface area contributed by atoms with Crippen LogP contribution in [0.4, 0.5) is 0 Å². The zero-order valence-corrected chi connectivity index (χ0v) is 11.7. The van der Waals surface area contributed by atoms with Gasteiger partial charge in [0.15, 0.2) is 4.47 Å². The van der Waals surface area contributed by atoms with Crippen LogP contribution in [0.15, 0.2) is 0 Å². The van der Waals surface area contributed by atoms with Gasteiger partial charge in [-0.3, -0.25) is 4.18 Å². The van der Waals surface area contributed by atoms with Gasteiger partial charge in [0.1, 0.15) is 19.0 Å². The van der Waals surface area contributed by atoms with Crippen molar-refractivity contribution in [2.45, 2.75) is 19.1 Å². The lowest BCUT2D eigenvalue weighted by molar-refractivity contribution is 0.0304. The molecular formula is C8H11ClN2O5S2. The van der Waals surface area contributed by atoms with E-state index >= 15 is 0 Å². The Morgan fingerprint density at radius 1 is 1.61 bits per heavy atom. The highest BCUT2D eigenvalue weighted by atomic mass is 35.5. The van der Waals surface area contributed by atoms with Crippen LogP contribution < -0.4 is 5.14 Å². The first-order valence-electron chi connectivity index (χ1n) is 4.90. The van der Waals surface area contributed by atoms with Gasteiger partial charge >= 0.3 is 10.3 Å². The molecule has 2 N–H and O–H groups in total. The third kappa shape index (κ3) is 3.38. The SMILES string of the molecule is Cc1nc(Cl)sc1C1OCOC1COS(N)(=O)=O. The van der Waals surface area contributed by atoms with Crippen LogP contribution in [0, 0.1) is 6.92 Å². The van der Waals surface area contributed by atoms with E-state index in [1.165, 1.54) is 11.3 Å². The molecule has 2 rings (SSSR count). The van der Waals surface area contributed by atoms with Crippen molar-refractivity contribution in [3.63, 3.8) is 0 Å². The van der Waals surface area contributed by atoms with Gasteiger partial charge in [-0.05, 0) is 6.92 Å². The number of aromatic nitrogens is 1. The number of thiazole rings is 1. The van der Waals surface area contributed by atoms with Crippen LogP contribution in [0.2, 0.25) is 4.47 Å². The lowest BCUT2D eigenvalue weighted by atomic mass is 10.1. The lowest BCUT2D eigenvalue weighted by Gasteiger charge is -2.15. The number of hydrogen-bond acceptors (Lipinski definition) is 7. The summed E-state index contributed by atoms with van der Waals surface area (Å²) >= 11 is 7.07. The minimum atomic E-state index is -4.00. The molecule has 1 aliphatic heterocycles. The summed E-state index contributed by atoms with van der Waals surface area (Å²) in [6.45, 7) is 1.63. The van der Waals surface area contributed by atoms with E-state index in [4.69, 9.17) is 26.2 Å². The lowest BCUT2D eigenvalue weighted by Crippen LogP contribution is -2.26. The monoisotopic (exact) mass is 314 g/mol. The third-order valence-electron chi connectivity index (χ3n) is 2.33. The van der Waals surface area contributed by atoms with Gasteiger partial charge in [-0.2, -0.15) is 8.42 Å². The molecule has 7 nitrogen and oxygen atoms in total. The van der Waals surface area contributed by atoms with Gasteiger partial charge in [0.05, 0.1) is 17.2 Å². The summed E-state index contributed by atoms with van der Waals surface area (Å²) in [6, 6.07) is 0. The highest BCUT2D eigenvalue weighted by Crippen LogP contribution is 2.36. The normalized spacial score (nSPS) is 24.6. The molecule has 0 amide bonds. The van der Waals surface area contributed by atoms with Crippen molar-refractivity contribution in [1.82, 2.24) is 4.98 Å². The predicted octanol–water partition coefficient (Wildman–Crippen LogP) is 0.739. The summed E-state index contributed by atoms with van der Waals surface area (Å²) < 4.78 is 37.0. The van der Waals surface area contributed by atoms with Gasteiger partial charge in [0.2, 0.25) is 0 Å². The summed E-state index contributed by atoms with van der Waals surface area (Å²) in [5, 5.41) is 4.75. The van der Waals surface area contributed by atoms with E-state index in [0.717, 1.165) is 10.6 Å². The average molecular weight is 315 g/mol. The molecule has 10 heteroatoms. The first-order valence-corrected chi connectivity index (χ1v) is 7.56. The summed E-state index contributed by atoms with van der Waals surface area (Å²) in [5.74, 6) is 0. The van der Waals surface area contributed by atoms with Gasteiger partial charge in [-0.1, -0.05) is 11.6 Å². The third-order valence-corrected chi connectivity index (χ3v) is 4.12. The van der Waals surface area contributed by atoms with Crippen LogP contribution in [-0.4, -0.2) is 32.9 Å². The van der Waals surface area contributed by atoms with Gasteiger partial charge < -0.3 is 9.47 Å². The maximum Gasteiger partial charge on any atom is 0.333 e. The van der Waals surface area contributed by atoms with Crippen molar-refractivity contribution in [2.75, 3.05) is 13.4 Å². The maximum atomic E-state index is 10.7. The fourth-order valence-corrected chi connectivity index (χ4v) is 3.17. The molecule has 0 aromatic carbocycles. The van der Waals surface area contributed by atoms with Crippen molar-refractivity contribution in [2.24, 2.45) is 5.14 Å². The van der Waals surface area contributed by atoms with E-state index < -0.39 is 22.5 Å². The van der Waals surface area contributed by atoms with E-state index in [9.17, 15) is 8.42 Å². The highest BCUT2D eigenvalue weighted by molar-refractivity contribution is 7.84. The molecule has 0 saturated carbocycles. The van der Waals surface area contributed by atoms with Crippen molar-refractivity contribution < 1.29 is 22.1 Å². The summed E-state index contributed by atoms with van der Waals surface area (Å²) in [5.41, 5.74) is 0.723. The zero-order valence-electron chi connectivity index (χ0n) is 9.33. The van der Waals surface area contributed by atoms with Crippen LogP contribution in [0.3, 0.4) is 0 Å². The molecule has 1 aromatic rings. The molecule has 1 fully saturated rings. The fraction of sp³-hybridized carbons (Fsp3) is 0.625. The molecule has 2 atom stereocenters. The van der Waals surface area contributed by atoms with Gasteiger partial charge in [0.25, 0.3) is 0 Å². The van der Waals surface area contributed by atoms with Crippen LogP contribution in [0.1, 0.15) is 16.7 Å². The standard InChI is InChI=1S/C8H11ClN2O5S2/c1-4-7(17-8(9)11-4)6-5(14-3-15-6)2-16-18(10,12)13/h5-6H,2-3H2,1H3,(H2,10,12,13). The predicted molar refractivity (Wildman–Crippen MR) is 64.5 cm³/mol. The molecule has 0 bridgehead atoms. The van der Waals surface area contributed by atoms with E-state index in [1.807, 2.05) is 0 Å². The molecule has 0 aliphatic carbocycles. The summed E-state index contributed by atoms with van der Waals surface area (Å²) in [6.07, 6.45) is -1.00. The number of hydrogen-bond donors (Lipinski definition) is 1. The number of rotatable bonds is 4. The second-order valence-electron chi connectivity index (χ2n) is 3.60. The van der Waals surface area contributed by atoms with Gasteiger partial charge in [-0.15, -0.1) is 11.3 Å². The largest absolute Gasteiger partial charge is 0.347 e. The second kappa shape index (κ2) is 5.37. The quantitative estimate of drug-likeness (QED) is 0.879. The van der Waals surface area contributed by atoms with Crippen molar-refractivity contribution >= 4 is 33.2 Å². The minimum absolute atomic E-state index is 0.0538. The Morgan fingerprint density at radius 3 is 2.89 bits per heavy atom. The first kappa shape index (κ1) is 14.1. The molecule has 102 valence electrons. The van der Waals surface area contributed by atoms with E-state index in [-0.39, 0.29) is 13.4 Å². The molecule has 2 heterocycles. The molecule has 18 heavy (non-hydrogen) atoms. The second-order valence-corrected chi connectivity index (χ2v) is 6.44. The van der Waals surface area contributed by atoms with Crippen LogP contribution in [0.5, 0.6) is 0 Å². The summed E-state index contributed by atoms with van der Waals surface area (Å²) in [4.78, 5) is 4.86. The first-order chi connectivity index (χ1) is 8.37. The number of nitrogens with two attached hydrogens (primary N) is 1. The van der Waals surface area contributed by atoms with Crippen molar-refractivity contribution in [1.29, 1.82) is 0 Å². The number of aryl methyl sites for hydroxylation is 1. The molecule has 1 aromatic heterocycles. The molecule has 0 spiro atoms. The Bertz CT molecular complexity index is 532. The van der Waals surface area contributed by atoms with E-state index in [2.05, 4.69) is 9.17 Å². The molecule has 2 unspecified atom stereocenters. The fourth-order valence-electron chi connectivity index (χ4n) is 1.57. The van der Waals surface area contributed by atoms with Crippen LogP contribution in [-0.2, 0) is 24.0 Å². The molecule has 1 saturated heterocycles. The minimum Gasteiger partial charge on any atom is -0.347 e. The Hall–Kier alpha value is -0.290. The van der Waals surface area contributed by atoms with Crippen molar-refractivity contribution in [3.8, 4) is 0 Å². The summed E-state index contributed by atoms with van der Waals surface area (Å²) in [7, 11) is -4.00. The zero-order chi connectivity index (χ0) is 13.3. The number of nitrogens with zero attached hydrogens (tertiary/aromatic N) is 1. The Morgan fingerprint density at radius 2 is 2.33 bits per heavy atom. The van der Waals surface area contributed by atoms with E-state index in [1.54, 1.807) is 6.92 Å². The van der Waals surface area contributed by atoms with Crippen LogP contribution >= 0.6 is 22.9 Å². The van der Waals surface area contributed by atoms with Gasteiger partial charge in [0, 0.05) is 0 Å². The maximum absolute atomic E-state index is 10.7. The number of ether oxygens (including phenoxy) is 2. The van der Waals surface area contributed by atoms with Gasteiger partial charge in [-0.25, -0.2) is 10.1 Å². The molecule has 1 aliphatic rings. The highest BCUT2D eigenvalue weighted by Gasteiger charge is 2.34. The van der Waals surface area contributed by atoms with Crippen molar-refractivity contribution in [3.05, 3.63) is 15.0 Å². The molecule has 0 radical (unpaired) electrons. The Kier molecular flexibility index (Phi) is 4.22. The smallest absolute Gasteiger partial charge is 0.333 e. The molecular weight excluding hydrogens is 304 g/mol. The Labute approximate surface area is 113 Å². The number of halogens is 1. The average Bonchev–Trinajstić information content (AvgIpc) is 2.80.